The van der Waals surface area contributed by atoms with Crippen molar-refractivity contribution in [1.29, 1.82) is 0 Å². The molecule has 3 N–H and O–H groups in total. The van der Waals surface area contributed by atoms with Gasteiger partial charge in [-0.05, 0) is 91.7 Å². The van der Waals surface area contributed by atoms with E-state index >= 15 is 0 Å². The van der Waals surface area contributed by atoms with E-state index < -0.39 is 23.9 Å². The smallest absolute Gasteiger partial charge is 0.320 e. The van der Waals surface area contributed by atoms with Gasteiger partial charge < -0.3 is 20.6 Å². The summed E-state index contributed by atoms with van der Waals surface area (Å²) in [7, 11) is 0. The molecule has 4 amide bonds. The number of amides is 4. The molecule has 1 heterocycles. The molecule has 41 heavy (non-hydrogen) atoms. The molecule has 3 aromatic rings. The molecule has 6 atom stereocenters. The first-order valence-corrected chi connectivity index (χ1v) is 14.5. The number of aliphatic hydroxyl groups is 1. The van der Waals surface area contributed by atoms with Crippen LogP contribution in [0.5, 0.6) is 0 Å². The first kappa shape index (κ1) is 25.8. The molecule has 4 fully saturated rings. The maximum Gasteiger partial charge on any atom is 0.320 e. The largest absolute Gasteiger partial charge is 0.393 e. The quantitative estimate of drug-likeness (QED) is 0.386. The molecule has 4 aliphatic carbocycles. The second-order valence-electron chi connectivity index (χ2n) is 12.3. The van der Waals surface area contributed by atoms with Gasteiger partial charge in [-0.1, -0.05) is 48.5 Å². The minimum Gasteiger partial charge on any atom is -0.393 e. The van der Waals surface area contributed by atoms with Crippen LogP contribution < -0.4 is 20.4 Å². The molecule has 4 bridgehead atoms. The fourth-order valence-electron chi connectivity index (χ4n) is 8.15. The van der Waals surface area contributed by atoms with Gasteiger partial charge in [-0.3, -0.25) is 14.5 Å². The van der Waals surface area contributed by atoms with E-state index in [4.69, 9.17) is 0 Å². The molecule has 0 spiro atoms. The summed E-state index contributed by atoms with van der Waals surface area (Å²) in [5.41, 5.74) is 2.31. The Morgan fingerprint density at radius 2 is 1.41 bits per heavy atom. The number of hydrogen-bond donors (Lipinski definition) is 3. The Labute approximate surface area is 239 Å². The van der Waals surface area contributed by atoms with Crippen molar-refractivity contribution in [2.75, 3.05) is 21.7 Å². The minimum absolute atomic E-state index is 0.125. The lowest BCUT2D eigenvalue weighted by Crippen LogP contribution is -2.60. The van der Waals surface area contributed by atoms with Crippen LogP contribution >= 0.6 is 0 Å². The van der Waals surface area contributed by atoms with Crippen molar-refractivity contribution in [2.45, 2.75) is 44.2 Å². The number of carbonyl (C=O) groups excluding carboxylic acids is 3. The van der Waals surface area contributed by atoms with Gasteiger partial charge in [0, 0.05) is 17.9 Å². The number of carbonyl (C=O) groups is 3. The normalized spacial score (nSPS) is 30.1. The van der Waals surface area contributed by atoms with Crippen LogP contribution in [0.3, 0.4) is 0 Å². The van der Waals surface area contributed by atoms with Crippen molar-refractivity contribution < 1.29 is 19.5 Å². The third-order valence-electron chi connectivity index (χ3n) is 9.56. The number of para-hydroxylation sites is 4. The monoisotopic (exact) mass is 550 g/mol. The molecule has 4 saturated carbocycles. The van der Waals surface area contributed by atoms with Crippen LogP contribution in [0.25, 0.3) is 0 Å². The topological polar surface area (TPSA) is 102 Å². The molecule has 5 aliphatic rings. The molecule has 8 heteroatoms. The van der Waals surface area contributed by atoms with Crippen LogP contribution in [0.2, 0.25) is 0 Å². The molecule has 1 aliphatic heterocycles. The van der Waals surface area contributed by atoms with Gasteiger partial charge in [0.05, 0.1) is 17.5 Å². The SMILES string of the molecule is O=C(Nc1ccccc1)NC1C(=O)N(CC23CC4C[C@H](C2)C(O)[C@@H](C4)C3)c2ccccc2N(c2ccccc2)C1=O. The maximum atomic E-state index is 14.5. The number of nitrogens with zero attached hydrogens (tertiary/aromatic N) is 2. The second kappa shape index (κ2) is 10.0. The summed E-state index contributed by atoms with van der Waals surface area (Å²) >= 11 is 0. The zero-order chi connectivity index (χ0) is 28.1. The van der Waals surface area contributed by atoms with Gasteiger partial charge in [-0.2, -0.15) is 0 Å². The Bertz CT molecular complexity index is 1460. The molecular formula is C33H34N4O4. The number of rotatable bonds is 5. The molecule has 3 aromatic carbocycles. The first-order valence-electron chi connectivity index (χ1n) is 14.5. The molecule has 8 rings (SSSR count). The van der Waals surface area contributed by atoms with E-state index in [1.165, 1.54) is 0 Å². The standard InChI is InChI=1S/C33H34N4O4/c38-29-22-15-21-16-23(29)19-33(17-21,18-22)20-36-26-13-7-8-14-27(26)37(25-11-5-2-6-12-25)31(40)28(30(36)39)35-32(41)34-24-9-3-1-4-10-24/h1-14,21-23,28-29,38H,15-20H2,(H2,34,35,41)/t21?,22-,23+,28?,29?,33?. The highest BCUT2D eigenvalue weighted by molar-refractivity contribution is 6.24. The Hall–Kier alpha value is -4.17. The van der Waals surface area contributed by atoms with Crippen molar-refractivity contribution >= 4 is 40.6 Å². The minimum atomic E-state index is -1.43. The Morgan fingerprint density at radius 1 is 0.805 bits per heavy atom. The number of nitrogens with one attached hydrogen (secondary N) is 2. The van der Waals surface area contributed by atoms with Gasteiger partial charge in [-0.25, -0.2) is 4.79 Å². The molecule has 0 saturated heterocycles. The third kappa shape index (κ3) is 4.56. The first-order chi connectivity index (χ1) is 19.9. The summed E-state index contributed by atoms with van der Waals surface area (Å²) in [6, 6.07) is 23.6. The van der Waals surface area contributed by atoms with Crippen LogP contribution in [0, 0.1) is 23.2 Å². The van der Waals surface area contributed by atoms with Gasteiger partial charge in [-0.15, -0.1) is 0 Å². The van der Waals surface area contributed by atoms with Gasteiger partial charge in [0.1, 0.15) is 0 Å². The molecule has 0 radical (unpaired) electrons. The predicted octanol–water partition coefficient (Wildman–Crippen LogP) is 5.08. The van der Waals surface area contributed by atoms with Crippen LogP contribution in [0.15, 0.2) is 84.9 Å². The van der Waals surface area contributed by atoms with Crippen molar-refractivity contribution in [3.63, 3.8) is 0 Å². The average Bonchev–Trinajstić information content (AvgIpc) is 3.05. The van der Waals surface area contributed by atoms with Crippen molar-refractivity contribution in [3.8, 4) is 0 Å². The summed E-state index contributed by atoms with van der Waals surface area (Å²) in [5, 5.41) is 16.3. The lowest BCUT2D eigenvalue weighted by Gasteiger charge is -2.59. The second-order valence-corrected chi connectivity index (χ2v) is 12.3. The Morgan fingerprint density at radius 3 is 2.10 bits per heavy atom. The summed E-state index contributed by atoms with van der Waals surface area (Å²) < 4.78 is 0. The Balaban J connectivity index is 1.28. The number of aliphatic hydroxyl groups excluding tert-OH is 1. The van der Waals surface area contributed by atoms with Crippen molar-refractivity contribution in [2.24, 2.45) is 23.2 Å². The predicted molar refractivity (Wildman–Crippen MR) is 157 cm³/mol. The van der Waals surface area contributed by atoms with Gasteiger partial charge >= 0.3 is 6.03 Å². The van der Waals surface area contributed by atoms with E-state index in [0.717, 1.165) is 32.1 Å². The fraction of sp³-hybridized carbons (Fsp3) is 0.364. The van der Waals surface area contributed by atoms with Crippen LogP contribution in [-0.2, 0) is 9.59 Å². The van der Waals surface area contributed by atoms with E-state index in [1.54, 1.807) is 34.1 Å². The van der Waals surface area contributed by atoms with Gasteiger partial charge in [0.25, 0.3) is 11.8 Å². The lowest BCUT2D eigenvalue weighted by atomic mass is 9.48. The van der Waals surface area contributed by atoms with Crippen molar-refractivity contribution in [1.82, 2.24) is 5.32 Å². The maximum absolute atomic E-state index is 14.5. The van der Waals surface area contributed by atoms with E-state index in [2.05, 4.69) is 10.6 Å². The highest BCUT2D eigenvalue weighted by Gasteiger charge is 2.56. The van der Waals surface area contributed by atoms with Crippen LogP contribution in [-0.4, -0.2) is 41.6 Å². The van der Waals surface area contributed by atoms with Gasteiger partial charge in [0.15, 0.2) is 6.04 Å². The molecule has 4 unspecified atom stereocenters. The number of hydrogen-bond acceptors (Lipinski definition) is 4. The van der Waals surface area contributed by atoms with E-state index in [1.807, 2.05) is 60.7 Å². The highest BCUT2D eigenvalue weighted by Crippen LogP contribution is 2.60. The summed E-state index contributed by atoms with van der Waals surface area (Å²) in [4.78, 5) is 45.2. The summed E-state index contributed by atoms with van der Waals surface area (Å²) in [6.45, 7) is 0.452. The number of fused-ring (bicyclic) bond motifs is 1. The third-order valence-corrected chi connectivity index (χ3v) is 9.56. The highest BCUT2D eigenvalue weighted by atomic mass is 16.3. The van der Waals surface area contributed by atoms with E-state index in [-0.39, 0.29) is 23.4 Å². The average molecular weight is 551 g/mol. The molecule has 210 valence electrons. The van der Waals surface area contributed by atoms with E-state index in [0.29, 0.717) is 35.2 Å². The molecular weight excluding hydrogens is 516 g/mol. The Kier molecular flexibility index (Phi) is 6.31. The fourth-order valence-corrected chi connectivity index (χ4v) is 8.15. The zero-order valence-corrected chi connectivity index (χ0v) is 22.8. The van der Waals surface area contributed by atoms with Gasteiger partial charge in [0.2, 0.25) is 0 Å². The van der Waals surface area contributed by atoms with Crippen LogP contribution in [0.4, 0.5) is 27.5 Å². The zero-order valence-electron chi connectivity index (χ0n) is 22.8. The summed E-state index contributed by atoms with van der Waals surface area (Å²) in [5.74, 6) is 0.111. The lowest BCUT2D eigenvalue weighted by molar-refractivity contribution is -0.136. The summed E-state index contributed by atoms with van der Waals surface area (Å²) in [6.07, 6.45) is 4.59. The molecule has 0 aromatic heterocycles. The van der Waals surface area contributed by atoms with Crippen molar-refractivity contribution in [3.05, 3.63) is 84.9 Å². The molecule has 8 nitrogen and oxygen atoms in total. The number of anilines is 4. The number of benzene rings is 3. The van der Waals surface area contributed by atoms with Crippen LogP contribution in [0.1, 0.15) is 32.1 Å². The number of urea groups is 1. The van der Waals surface area contributed by atoms with E-state index in [9.17, 15) is 19.5 Å².